The van der Waals surface area contributed by atoms with Gasteiger partial charge in [0.25, 0.3) is 0 Å². The summed E-state index contributed by atoms with van der Waals surface area (Å²) in [5, 5.41) is 7.65. The van der Waals surface area contributed by atoms with Crippen LogP contribution in [0.25, 0.3) is 0 Å². The molecule has 2 heterocycles. The van der Waals surface area contributed by atoms with Gasteiger partial charge >= 0.3 is 0 Å². The quantitative estimate of drug-likeness (QED) is 0.850. The standard InChI is InChI=1S/C13H18N4/c1-11(13-9-16-17(2)10-13)15-7-5-12-4-3-6-14-8-12/h3-4,6,8-11,15H,5,7H2,1-2H3. The van der Waals surface area contributed by atoms with E-state index in [1.54, 1.807) is 6.20 Å². The van der Waals surface area contributed by atoms with E-state index in [1.165, 1.54) is 11.1 Å². The highest BCUT2D eigenvalue weighted by Gasteiger charge is 2.05. The van der Waals surface area contributed by atoms with Gasteiger partial charge in [-0.1, -0.05) is 6.07 Å². The highest BCUT2D eigenvalue weighted by atomic mass is 15.2. The fourth-order valence-electron chi connectivity index (χ4n) is 1.76. The second-order valence-corrected chi connectivity index (χ2v) is 4.23. The van der Waals surface area contributed by atoms with E-state index >= 15 is 0 Å². The molecule has 0 spiro atoms. The maximum absolute atomic E-state index is 4.17. The third-order valence-corrected chi connectivity index (χ3v) is 2.81. The lowest BCUT2D eigenvalue weighted by molar-refractivity contribution is 0.576. The number of aryl methyl sites for hydroxylation is 1. The zero-order valence-electron chi connectivity index (χ0n) is 10.3. The molecule has 0 aliphatic rings. The molecule has 4 heteroatoms. The molecular formula is C13H18N4. The molecule has 90 valence electrons. The van der Waals surface area contributed by atoms with Gasteiger partial charge in [0.05, 0.1) is 6.20 Å². The fourth-order valence-corrected chi connectivity index (χ4v) is 1.76. The van der Waals surface area contributed by atoms with Gasteiger partial charge in [-0.2, -0.15) is 5.10 Å². The van der Waals surface area contributed by atoms with Crippen LogP contribution in [0.15, 0.2) is 36.9 Å². The Bertz CT molecular complexity index is 449. The van der Waals surface area contributed by atoms with Gasteiger partial charge in [0.2, 0.25) is 0 Å². The van der Waals surface area contributed by atoms with Gasteiger partial charge in [-0.05, 0) is 31.5 Å². The Morgan fingerprint density at radius 2 is 2.29 bits per heavy atom. The van der Waals surface area contributed by atoms with Crippen molar-refractivity contribution in [1.82, 2.24) is 20.1 Å². The van der Waals surface area contributed by atoms with Gasteiger partial charge < -0.3 is 5.32 Å². The molecule has 0 radical (unpaired) electrons. The Balaban J connectivity index is 1.79. The summed E-state index contributed by atoms with van der Waals surface area (Å²) in [6.45, 7) is 3.10. The smallest absolute Gasteiger partial charge is 0.0537 e. The fraction of sp³-hybridized carbons (Fsp3) is 0.385. The summed E-state index contributed by atoms with van der Waals surface area (Å²) < 4.78 is 1.83. The van der Waals surface area contributed by atoms with Crippen LogP contribution in [0.2, 0.25) is 0 Å². The van der Waals surface area contributed by atoms with E-state index in [0.717, 1.165) is 13.0 Å². The number of aromatic nitrogens is 3. The van der Waals surface area contributed by atoms with E-state index in [0.29, 0.717) is 6.04 Å². The minimum absolute atomic E-state index is 0.334. The Kier molecular flexibility index (Phi) is 3.88. The lowest BCUT2D eigenvalue weighted by Crippen LogP contribution is -2.21. The molecule has 1 atom stereocenters. The van der Waals surface area contributed by atoms with Crippen LogP contribution in [0.1, 0.15) is 24.1 Å². The molecule has 0 aromatic carbocycles. The van der Waals surface area contributed by atoms with Crippen molar-refractivity contribution in [3.63, 3.8) is 0 Å². The van der Waals surface area contributed by atoms with Crippen molar-refractivity contribution in [1.29, 1.82) is 0 Å². The topological polar surface area (TPSA) is 42.7 Å². The molecular weight excluding hydrogens is 212 g/mol. The molecule has 0 aliphatic carbocycles. The molecule has 0 aliphatic heterocycles. The Hall–Kier alpha value is -1.68. The van der Waals surface area contributed by atoms with Crippen molar-refractivity contribution in [2.75, 3.05) is 6.54 Å². The van der Waals surface area contributed by atoms with Gasteiger partial charge in [0.1, 0.15) is 0 Å². The monoisotopic (exact) mass is 230 g/mol. The van der Waals surface area contributed by atoms with E-state index in [2.05, 4.69) is 28.4 Å². The van der Waals surface area contributed by atoms with E-state index < -0.39 is 0 Å². The molecule has 0 saturated heterocycles. The van der Waals surface area contributed by atoms with Crippen molar-refractivity contribution in [3.8, 4) is 0 Å². The van der Waals surface area contributed by atoms with E-state index in [4.69, 9.17) is 0 Å². The van der Waals surface area contributed by atoms with Gasteiger partial charge in [-0.25, -0.2) is 0 Å². The number of hydrogen-bond acceptors (Lipinski definition) is 3. The van der Waals surface area contributed by atoms with Crippen LogP contribution in [0.4, 0.5) is 0 Å². The van der Waals surface area contributed by atoms with Gasteiger partial charge in [-0.15, -0.1) is 0 Å². The highest BCUT2D eigenvalue weighted by molar-refractivity contribution is 5.11. The molecule has 2 aromatic heterocycles. The van der Waals surface area contributed by atoms with Crippen molar-refractivity contribution in [3.05, 3.63) is 48.0 Å². The molecule has 0 bridgehead atoms. The summed E-state index contributed by atoms with van der Waals surface area (Å²) >= 11 is 0. The summed E-state index contributed by atoms with van der Waals surface area (Å²) in [6, 6.07) is 4.41. The lowest BCUT2D eigenvalue weighted by atomic mass is 10.1. The van der Waals surface area contributed by atoms with E-state index in [-0.39, 0.29) is 0 Å². The van der Waals surface area contributed by atoms with Crippen molar-refractivity contribution < 1.29 is 0 Å². The Labute approximate surface area is 102 Å². The molecule has 17 heavy (non-hydrogen) atoms. The molecule has 2 rings (SSSR count). The molecule has 0 saturated carbocycles. The van der Waals surface area contributed by atoms with Crippen molar-refractivity contribution in [2.45, 2.75) is 19.4 Å². The first-order valence-electron chi connectivity index (χ1n) is 5.86. The first-order chi connectivity index (χ1) is 8.25. The molecule has 0 amide bonds. The highest BCUT2D eigenvalue weighted by Crippen LogP contribution is 2.10. The van der Waals surface area contributed by atoms with E-state index in [9.17, 15) is 0 Å². The number of hydrogen-bond donors (Lipinski definition) is 1. The zero-order chi connectivity index (χ0) is 12.1. The van der Waals surface area contributed by atoms with Crippen LogP contribution in [-0.2, 0) is 13.5 Å². The van der Waals surface area contributed by atoms with Crippen molar-refractivity contribution in [2.24, 2.45) is 7.05 Å². The predicted octanol–water partition coefficient (Wildman–Crippen LogP) is 1.71. The molecule has 4 nitrogen and oxygen atoms in total. The average Bonchev–Trinajstić information content (AvgIpc) is 2.77. The summed E-state index contributed by atoms with van der Waals surface area (Å²) in [4.78, 5) is 4.10. The molecule has 1 N–H and O–H groups in total. The summed E-state index contributed by atoms with van der Waals surface area (Å²) in [7, 11) is 1.94. The maximum atomic E-state index is 4.17. The van der Waals surface area contributed by atoms with Gasteiger partial charge in [-0.3, -0.25) is 9.67 Å². The van der Waals surface area contributed by atoms with E-state index in [1.807, 2.05) is 36.4 Å². The number of nitrogens with one attached hydrogen (secondary N) is 1. The predicted molar refractivity (Wildman–Crippen MR) is 67.6 cm³/mol. The van der Waals surface area contributed by atoms with Crippen molar-refractivity contribution >= 4 is 0 Å². The van der Waals surface area contributed by atoms with Gasteiger partial charge in [0.15, 0.2) is 0 Å². The maximum Gasteiger partial charge on any atom is 0.0537 e. The largest absolute Gasteiger partial charge is 0.310 e. The van der Waals surface area contributed by atoms with Crippen LogP contribution < -0.4 is 5.32 Å². The summed E-state index contributed by atoms with van der Waals surface area (Å²) in [6.07, 6.45) is 8.66. The second kappa shape index (κ2) is 5.59. The first-order valence-corrected chi connectivity index (χ1v) is 5.86. The summed E-state index contributed by atoms with van der Waals surface area (Å²) in [5.74, 6) is 0. The third kappa shape index (κ3) is 3.39. The van der Waals surface area contributed by atoms with Crippen LogP contribution in [0.3, 0.4) is 0 Å². The Morgan fingerprint density at radius 1 is 1.41 bits per heavy atom. The molecule has 0 fully saturated rings. The SMILES string of the molecule is CC(NCCc1cccnc1)c1cnn(C)c1. The number of nitrogens with zero attached hydrogens (tertiary/aromatic N) is 3. The number of pyridine rings is 1. The Morgan fingerprint density at radius 3 is 2.94 bits per heavy atom. The normalized spacial score (nSPS) is 12.6. The average molecular weight is 230 g/mol. The van der Waals surface area contributed by atoms with Gasteiger partial charge in [0, 0.05) is 37.2 Å². The van der Waals surface area contributed by atoms with Crippen LogP contribution >= 0.6 is 0 Å². The molecule has 1 unspecified atom stereocenters. The zero-order valence-corrected chi connectivity index (χ0v) is 10.3. The first kappa shape index (κ1) is 11.8. The summed E-state index contributed by atoms with van der Waals surface area (Å²) in [5.41, 5.74) is 2.48. The van der Waals surface area contributed by atoms with Crippen LogP contribution in [-0.4, -0.2) is 21.3 Å². The molecule has 2 aromatic rings. The number of rotatable bonds is 5. The minimum Gasteiger partial charge on any atom is -0.310 e. The second-order valence-electron chi connectivity index (χ2n) is 4.23. The minimum atomic E-state index is 0.334. The van der Waals surface area contributed by atoms with Crippen LogP contribution in [0, 0.1) is 0 Å². The lowest BCUT2D eigenvalue weighted by Gasteiger charge is -2.11. The third-order valence-electron chi connectivity index (χ3n) is 2.81. The van der Waals surface area contributed by atoms with Crippen LogP contribution in [0.5, 0.6) is 0 Å².